The van der Waals surface area contributed by atoms with Gasteiger partial charge in [-0.3, -0.25) is 9.59 Å². The molecule has 0 radical (unpaired) electrons. The van der Waals surface area contributed by atoms with E-state index >= 15 is 0 Å². The van der Waals surface area contributed by atoms with Gasteiger partial charge in [0.25, 0.3) is 0 Å². The number of aliphatic hydroxyl groups is 1. The van der Waals surface area contributed by atoms with E-state index in [0.29, 0.717) is 30.8 Å². The number of allylic oxidation sites excluding steroid dienone is 2. The van der Waals surface area contributed by atoms with Crippen molar-refractivity contribution in [3.63, 3.8) is 0 Å². The third-order valence-electron chi connectivity index (χ3n) is 6.47. The van der Waals surface area contributed by atoms with Gasteiger partial charge in [0.2, 0.25) is 11.8 Å². The zero-order valence-corrected chi connectivity index (χ0v) is 21.2. The summed E-state index contributed by atoms with van der Waals surface area (Å²) in [5.41, 5.74) is 5.64. The monoisotopic (exact) mass is 491 g/mol. The van der Waals surface area contributed by atoms with Gasteiger partial charge in [-0.1, -0.05) is 38.5 Å². The van der Waals surface area contributed by atoms with Gasteiger partial charge in [0, 0.05) is 37.2 Å². The third kappa shape index (κ3) is 7.21. The molecular formula is C27H39F2N3O3. The Balaban J connectivity index is 2.71. The molecule has 1 aromatic rings. The first-order valence-electron chi connectivity index (χ1n) is 12.4. The summed E-state index contributed by atoms with van der Waals surface area (Å²) in [6.07, 6.45) is 3.95. The normalized spacial score (nSPS) is 19.5. The summed E-state index contributed by atoms with van der Waals surface area (Å²) in [5, 5.41) is 14.5. The van der Waals surface area contributed by atoms with Gasteiger partial charge in [-0.25, -0.2) is 8.78 Å². The second-order valence-electron chi connectivity index (χ2n) is 9.39. The van der Waals surface area contributed by atoms with E-state index in [1.165, 1.54) is 12.1 Å². The number of halogens is 2. The molecule has 1 aromatic carbocycles. The second kappa shape index (κ2) is 12.9. The number of nitrogens with two attached hydrogens (primary N) is 1. The Morgan fingerprint density at radius 3 is 2.26 bits per heavy atom. The highest BCUT2D eigenvalue weighted by Gasteiger charge is 2.50. The molecule has 0 fully saturated rings. The number of rotatable bonds is 13. The fourth-order valence-electron chi connectivity index (χ4n) is 5.06. The average Bonchev–Trinajstić information content (AvgIpc) is 2.79. The molecule has 0 saturated heterocycles. The zero-order valence-electron chi connectivity index (χ0n) is 21.2. The molecule has 4 N–H and O–H groups in total. The average molecular weight is 492 g/mol. The number of aliphatic hydroxyl groups excluding tert-OH is 1. The second-order valence-corrected chi connectivity index (χ2v) is 9.39. The summed E-state index contributed by atoms with van der Waals surface area (Å²) in [7, 11) is 0. The van der Waals surface area contributed by atoms with Crippen molar-refractivity contribution >= 4 is 11.8 Å². The van der Waals surface area contributed by atoms with Crippen LogP contribution in [0.3, 0.4) is 0 Å². The van der Waals surface area contributed by atoms with E-state index in [0.717, 1.165) is 18.9 Å². The van der Waals surface area contributed by atoms with Crippen LogP contribution in [0.1, 0.15) is 52.5 Å². The number of hydrogen-bond acceptors (Lipinski definition) is 4. The molecular weight excluding hydrogens is 452 g/mol. The van der Waals surface area contributed by atoms with Crippen molar-refractivity contribution in [3.8, 4) is 0 Å². The van der Waals surface area contributed by atoms with Crippen LogP contribution in [0.2, 0.25) is 0 Å². The minimum Gasteiger partial charge on any atom is -0.391 e. The van der Waals surface area contributed by atoms with Crippen molar-refractivity contribution in [2.75, 3.05) is 26.2 Å². The summed E-state index contributed by atoms with van der Waals surface area (Å²) in [4.78, 5) is 28.3. The van der Waals surface area contributed by atoms with Crippen LogP contribution in [0.5, 0.6) is 0 Å². The number of nitrogens with one attached hydrogen (secondary N) is 1. The maximum absolute atomic E-state index is 14.3. The van der Waals surface area contributed by atoms with Gasteiger partial charge in [-0.2, -0.15) is 0 Å². The van der Waals surface area contributed by atoms with E-state index in [9.17, 15) is 23.5 Å². The van der Waals surface area contributed by atoms with Gasteiger partial charge in [0.1, 0.15) is 11.6 Å². The minimum atomic E-state index is -1.31. The molecule has 6 nitrogen and oxygen atoms in total. The number of hydrogen-bond donors (Lipinski definition) is 3. The van der Waals surface area contributed by atoms with Crippen LogP contribution in [0, 0.1) is 23.0 Å². The van der Waals surface area contributed by atoms with Crippen LogP contribution in [0.25, 0.3) is 0 Å². The molecule has 0 aliphatic heterocycles. The number of nitrogens with zero attached hydrogens (tertiary/aromatic N) is 1. The van der Waals surface area contributed by atoms with Crippen LogP contribution < -0.4 is 11.1 Å². The quantitative estimate of drug-likeness (QED) is 0.394. The highest BCUT2D eigenvalue weighted by atomic mass is 19.1. The number of carbonyl (C=O) groups is 2. The molecule has 2 amide bonds. The van der Waals surface area contributed by atoms with Crippen molar-refractivity contribution in [1.29, 1.82) is 0 Å². The number of amides is 2. The largest absolute Gasteiger partial charge is 0.391 e. The van der Waals surface area contributed by atoms with Crippen LogP contribution in [0.4, 0.5) is 8.78 Å². The molecule has 0 saturated carbocycles. The summed E-state index contributed by atoms with van der Waals surface area (Å²) in [6, 6.07) is 3.22. The Kier molecular flexibility index (Phi) is 10.6. The van der Waals surface area contributed by atoms with Crippen LogP contribution in [0.15, 0.2) is 41.5 Å². The smallest absolute Gasteiger partial charge is 0.244 e. The predicted octanol–water partition coefficient (Wildman–Crippen LogP) is 3.49. The van der Waals surface area contributed by atoms with E-state index in [1.807, 2.05) is 20.8 Å². The lowest BCUT2D eigenvalue weighted by Gasteiger charge is -2.45. The number of benzene rings is 1. The van der Waals surface area contributed by atoms with Crippen LogP contribution in [-0.4, -0.2) is 54.1 Å². The Morgan fingerprint density at radius 2 is 1.74 bits per heavy atom. The lowest BCUT2D eigenvalue weighted by Crippen LogP contribution is -2.54. The Hall–Kier alpha value is -2.58. The maximum Gasteiger partial charge on any atom is 0.244 e. The highest BCUT2D eigenvalue weighted by molar-refractivity contribution is 5.96. The molecule has 3 atom stereocenters. The molecule has 1 aliphatic carbocycles. The number of carbonyl (C=O) groups excluding carboxylic acids is 2. The maximum atomic E-state index is 14.3. The predicted molar refractivity (Wildman–Crippen MR) is 133 cm³/mol. The lowest BCUT2D eigenvalue weighted by atomic mass is 9.63. The van der Waals surface area contributed by atoms with Gasteiger partial charge in [-0.05, 0) is 56.8 Å². The first-order valence-corrected chi connectivity index (χ1v) is 12.4. The summed E-state index contributed by atoms with van der Waals surface area (Å²) in [6.45, 7) is 9.44. The lowest BCUT2D eigenvalue weighted by molar-refractivity contribution is -0.145. The first-order chi connectivity index (χ1) is 16.6. The van der Waals surface area contributed by atoms with Crippen LogP contribution in [-0.2, 0) is 16.0 Å². The van der Waals surface area contributed by atoms with Gasteiger partial charge in [0.05, 0.1) is 11.5 Å². The van der Waals surface area contributed by atoms with E-state index in [1.54, 1.807) is 24.0 Å². The first kappa shape index (κ1) is 28.7. The molecule has 0 spiro atoms. The van der Waals surface area contributed by atoms with Gasteiger partial charge in [-0.15, -0.1) is 0 Å². The third-order valence-corrected chi connectivity index (χ3v) is 6.47. The Labute approximate surface area is 207 Å². The molecule has 1 aliphatic rings. The Bertz CT molecular complexity index is 937. The Morgan fingerprint density at radius 1 is 1.14 bits per heavy atom. The topological polar surface area (TPSA) is 95.7 Å². The van der Waals surface area contributed by atoms with Gasteiger partial charge in [0.15, 0.2) is 0 Å². The fourth-order valence-corrected chi connectivity index (χ4v) is 5.06. The van der Waals surface area contributed by atoms with Crippen molar-refractivity contribution < 1.29 is 23.5 Å². The summed E-state index contributed by atoms with van der Waals surface area (Å²) < 4.78 is 28.1. The van der Waals surface area contributed by atoms with Crippen molar-refractivity contribution in [2.24, 2.45) is 17.1 Å². The SMILES string of the molecule is CCCN(CCC)C(=O)C1([C@H](Cc2cc(F)cc(F)c2)[C@@H](O)CNCC)C=C(C)C=C(C(N)=O)C1. The van der Waals surface area contributed by atoms with Gasteiger partial charge < -0.3 is 21.1 Å². The van der Waals surface area contributed by atoms with E-state index < -0.39 is 35.0 Å². The molecule has 0 bridgehead atoms. The molecule has 2 rings (SSSR count). The zero-order chi connectivity index (χ0) is 26.2. The van der Waals surface area contributed by atoms with E-state index in [-0.39, 0.29) is 30.9 Å². The molecule has 1 unspecified atom stereocenters. The van der Waals surface area contributed by atoms with E-state index in [4.69, 9.17) is 5.73 Å². The van der Waals surface area contributed by atoms with Gasteiger partial charge >= 0.3 is 0 Å². The molecule has 194 valence electrons. The summed E-state index contributed by atoms with van der Waals surface area (Å²) in [5.74, 6) is -3.09. The summed E-state index contributed by atoms with van der Waals surface area (Å²) >= 11 is 0. The fraction of sp³-hybridized carbons (Fsp3) is 0.556. The number of likely N-dealkylation sites (N-methyl/N-ethyl adjacent to an activating group) is 1. The standard InChI is InChI=1S/C27H39F2N3O3/c1-5-8-32(9-6-2)26(35)27(15-18(4)10-20(16-27)25(30)34)23(24(33)17-31-7-3)13-19-11-21(28)14-22(29)12-19/h10-12,14-15,23-24,31,33H,5-9,13,16-17H2,1-4H3,(H2,30,34)/t23-,24+,27?/m1/s1. The van der Waals surface area contributed by atoms with Crippen molar-refractivity contribution in [2.45, 2.75) is 59.5 Å². The van der Waals surface area contributed by atoms with Crippen molar-refractivity contribution in [3.05, 3.63) is 58.7 Å². The van der Waals surface area contributed by atoms with Crippen molar-refractivity contribution in [1.82, 2.24) is 10.2 Å². The van der Waals surface area contributed by atoms with Crippen LogP contribution >= 0.6 is 0 Å². The number of primary amides is 1. The van der Waals surface area contributed by atoms with E-state index in [2.05, 4.69) is 5.32 Å². The molecule has 8 heteroatoms. The highest BCUT2D eigenvalue weighted by Crippen LogP contribution is 2.45. The molecule has 35 heavy (non-hydrogen) atoms. The molecule has 0 heterocycles. The molecule has 0 aromatic heterocycles. The minimum absolute atomic E-state index is 0.00802.